The molecule has 0 radical (unpaired) electrons. The number of anilines is 1. The van der Waals surface area contributed by atoms with Crippen LogP contribution >= 0.6 is 11.6 Å². The fourth-order valence-electron chi connectivity index (χ4n) is 1.11. The first-order valence-corrected chi connectivity index (χ1v) is 4.21. The van der Waals surface area contributed by atoms with Gasteiger partial charge in [-0.15, -0.1) is 0 Å². The van der Waals surface area contributed by atoms with E-state index in [1.165, 1.54) is 6.20 Å². The molecule has 2 N–H and O–H groups in total. The molecule has 0 amide bonds. The van der Waals surface area contributed by atoms with Crippen molar-refractivity contribution in [1.29, 1.82) is 0 Å². The van der Waals surface area contributed by atoms with Crippen LogP contribution in [-0.4, -0.2) is 9.78 Å². The highest BCUT2D eigenvalue weighted by Gasteiger charge is 2.05. The third kappa shape index (κ3) is 1.38. The summed E-state index contributed by atoms with van der Waals surface area (Å²) in [6.07, 6.45) is 1.53. The zero-order valence-corrected chi connectivity index (χ0v) is 7.57. The number of hydrogen-bond acceptors (Lipinski definition) is 2. The molecule has 0 saturated carbocycles. The van der Waals surface area contributed by atoms with Crippen molar-refractivity contribution in [3.63, 3.8) is 0 Å². The van der Waals surface area contributed by atoms with Crippen LogP contribution in [0.2, 0.25) is 5.02 Å². The van der Waals surface area contributed by atoms with Crippen LogP contribution in [0.4, 0.5) is 5.82 Å². The van der Waals surface area contributed by atoms with Crippen LogP contribution in [0.1, 0.15) is 0 Å². The lowest BCUT2D eigenvalue weighted by Crippen LogP contribution is -2.01. The molecule has 0 saturated heterocycles. The third-order valence-corrected chi connectivity index (χ3v) is 2.05. The first kappa shape index (κ1) is 8.13. The van der Waals surface area contributed by atoms with Gasteiger partial charge in [0.15, 0.2) is 0 Å². The second-order valence-electron chi connectivity index (χ2n) is 2.63. The molecule has 1 aromatic heterocycles. The fraction of sp³-hybridized carbons (Fsp3) is 0. The van der Waals surface area contributed by atoms with Crippen molar-refractivity contribution in [1.82, 2.24) is 9.78 Å². The minimum atomic E-state index is 0.466. The Morgan fingerprint density at radius 1 is 1.23 bits per heavy atom. The maximum absolute atomic E-state index is 5.77. The van der Waals surface area contributed by atoms with Gasteiger partial charge in [-0.05, 0) is 12.1 Å². The zero-order chi connectivity index (χ0) is 9.26. The number of rotatable bonds is 1. The third-order valence-electron chi connectivity index (χ3n) is 1.76. The molecular weight excluding hydrogens is 186 g/mol. The quantitative estimate of drug-likeness (QED) is 0.754. The van der Waals surface area contributed by atoms with E-state index in [1.807, 2.05) is 30.3 Å². The molecule has 3 nitrogen and oxygen atoms in total. The molecule has 0 fully saturated rings. The number of hydrogen-bond donors (Lipinski definition) is 1. The summed E-state index contributed by atoms with van der Waals surface area (Å²) in [5.41, 5.74) is 6.61. The van der Waals surface area contributed by atoms with E-state index in [-0.39, 0.29) is 0 Å². The summed E-state index contributed by atoms with van der Waals surface area (Å²) >= 11 is 5.77. The normalized spacial score (nSPS) is 10.2. The Balaban J connectivity index is 2.53. The van der Waals surface area contributed by atoms with Crippen LogP contribution < -0.4 is 5.73 Å². The Morgan fingerprint density at radius 2 is 1.92 bits per heavy atom. The second-order valence-corrected chi connectivity index (χ2v) is 3.03. The molecule has 0 unspecified atom stereocenters. The molecule has 0 spiro atoms. The summed E-state index contributed by atoms with van der Waals surface area (Å²) in [7, 11) is 0. The Morgan fingerprint density at radius 3 is 2.46 bits per heavy atom. The molecule has 2 rings (SSSR count). The second kappa shape index (κ2) is 3.11. The predicted octanol–water partition coefficient (Wildman–Crippen LogP) is 2.11. The van der Waals surface area contributed by atoms with Gasteiger partial charge in [-0.2, -0.15) is 5.10 Å². The molecule has 4 heteroatoms. The smallest absolute Gasteiger partial charge is 0.146 e. The zero-order valence-electron chi connectivity index (χ0n) is 6.81. The Hall–Kier alpha value is -1.48. The summed E-state index contributed by atoms with van der Waals surface area (Å²) < 4.78 is 1.60. The summed E-state index contributed by atoms with van der Waals surface area (Å²) in [5, 5.41) is 4.52. The predicted molar refractivity (Wildman–Crippen MR) is 53.0 cm³/mol. The monoisotopic (exact) mass is 193 g/mol. The minimum Gasteiger partial charge on any atom is -0.382 e. The van der Waals surface area contributed by atoms with Gasteiger partial charge in [0.1, 0.15) is 10.8 Å². The van der Waals surface area contributed by atoms with Gasteiger partial charge in [0.25, 0.3) is 0 Å². The Kier molecular flexibility index (Phi) is 1.94. The highest BCUT2D eigenvalue weighted by molar-refractivity contribution is 6.32. The number of nitrogens with two attached hydrogens (primary N) is 1. The lowest BCUT2D eigenvalue weighted by molar-refractivity contribution is 0.891. The van der Waals surface area contributed by atoms with Crippen molar-refractivity contribution in [3.8, 4) is 5.69 Å². The van der Waals surface area contributed by atoms with E-state index in [0.717, 1.165) is 5.69 Å². The van der Waals surface area contributed by atoms with E-state index < -0.39 is 0 Å². The van der Waals surface area contributed by atoms with Crippen molar-refractivity contribution in [2.75, 3.05) is 5.73 Å². The van der Waals surface area contributed by atoms with E-state index >= 15 is 0 Å². The molecule has 0 atom stereocenters. The highest BCUT2D eigenvalue weighted by Crippen LogP contribution is 2.20. The Labute approximate surface area is 80.7 Å². The average Bonchev–Trinajstić information content (AvgIpc) is 2.49. The van der Waals surface area contributed by atoms with Gasteiger partial charge < -0.3 is 5.73 Å². The Bertz CT molecular complexity index is 408. The number of benzene rings is 1. The standard InChI is InChI=1S/C9H8ClN3/c10-8-6-12-13(9(8)11)7-4-2-1-3-5-7/h1-6H,11H2. The number of halogens is 1. The number of aromatic nitrogens is 2. The van der Waals surface area contributed by atoms with Crippen LogP contribution in [0, 0.1) is 0 Å². The lowest BCUT2D eigenvalue weighted by Gasteiger charge is -2.02. The van der Waals surface area contributed by atoms with Crippen LogP contribution in [0.5, 0.6) is 0 Å². The van der Waals surface area contributed by atoms with Gasteiger partial charge in [0.05, 0.1) is 11.9 Å². The maximum Gasteiger partial charge on any atom is 0.146 e. The van der Waals surface area contributed by atoms with Crippen molar-refractivity contribution in [2.45, 2.75) is 0 Å². The van der Waals surface area contributed by atoms with Crippen molar-refractivity contribution >= 4 is 17.4 Å². The van der Waals surface area contributed by atoms with E-state index in [0.29, 0.717) is 10.8 Å². The average molecular weight is 194 g/mol. The summed E-state index contributed by atoms with van der Waals surface area (Å²) in [6.45, 7) is 0. The SMILES string of the molecule is Nc1c(Cl)cnn1-c1ccccc1. The maximum atomic E-state index is 5.77. The highest BCUT2D eigenvalue weighted by atomic mass is 35.5. The van der Waals surface area contributed by atoms with Crippen LogP contribution in [-0.2, 0) is 0 Å². The van der Waals surface area contributed by atoms with Gasteiger partial charge in [-0.1, -0.05) is 29.8 Å². The van der Waals surface area contributed by atoms with E-state index in [9.17, 15) is 0 Å². The molecule has 0 bridgehead atoms. The van der Waals surface area contributed by atoms with E-state index in [4.69, 9.17) is 17.3 Å². The molecule has 0 aliphatic rings. The van der Waals surface area contributed by atoms with Crippen LogP contribution in [0.15, 0.2) is 36.5 Å². The molecule has 1 heterocycles. The van der Waals surface area contributed by atoms with Gasteiger partial charge in [0, 0.05) is 0 Å². The first-order valence-electron chi connectivity index (χ1n) is 3.83. The number of para-hydroxylation sites is 1. The number of nitrogens with zero attached hydrogens (tertiary/aromatic N) is 2. The van der Waals surface area contributed by atoms with Gasteiger partial charge >= 0.3 is 0 Å². The van der Waals surface area contributed by atoms with Crippen molar-refractivity contribution in [3.05, 3.63) is 41.6 Å². The van der Waals surface area contributed by atoms with Crippen molar-refractivity contribution in [2.24, 2.45) is 0 Å². The summed E-state index contributed by atoms with van der Waals surface area (Å²) in [4.78, 5) is 0. The molecule has 66 valence electrons. The molecular formula is C9H8ClN3. The van der Waals surface area contributed by atoms with Crippen molar-refractivity contribution < 1.29 is 0 Å². The molecule has 13 heavy (non-hydrogen) atoms. The van der Waals surface area contributed by atoms with Gasteiger partial charge in [-0.3, -0.25) is 0 Å². The minimum absolute atomic E-state index is 0.466. The van der Waals surface area contributed by atoms with Crippen LogP contribution in [0.3, 0.4) is 0 Å². The number of nitrogen functional groups attached to an aromatic ring is 1. The van der Waals surface area contributed by atoms with Crippen LogP contribution in [0.25, 0.3) is 5.69 Å². The van der Waals surface area contributed by atoms with E-state index in [1.54, 1.807) is 4.68 Å². The fourth-order valence-corrected chi connectivity index (χ4v) is 1.24. The molecule has 2 aromatic rings. The van der Waals surface area contributed by atoms with Gasteiger partial charge in [-0.25, -0.2) is 4.68 Å². The summed E-state index contributed by atoms with van der Waals surface area (Å²) in [5.74, 6) is 0.466. The van der Waals surface area contributed by atoms with E-state index in [2.05, 4.69) is 5.10 Å². The molecule has 0 aliphatic heterocycles. The topological polar surface area (TPSA) is 43.8 Å². The summed E-state index contributed by atoms with van der Waals surface area (Å²) in [6, 6.07) is 9.61. The van der Waals surface area contributed by atoms with Gasteiger partial charge in [0.2, 0.25) is 0 Å². The molecule has 0 aliphatic carbocycles. The molecule has 1 aromatic carbocycles. The lowest BCUT2D eigenvalue weighted by atomic mass is 10.3. The first-order chi connectivity index (χ1) is 6.29. The largest absolute Gasteiger partial charge is 0.382 e.